The number of nitrogens with one attached hydrogen (secondary N) is 2. The van der Waals surface area contributed by atoms with Crippen LogP contribution in [0.25, 0.3) is 0 Å². The van der Waals surface area contributed by atoms with Crippen molar-refractivity contribution in [3.05, 3.63) is 17.8 Å². The molecule has 0 saturated heterocycles. The number of anilines is 1. The van der Waals surface area contributed by atoms with Crippen LogP contribution in [0.15, 0.2) is 12.1 Å². The van der Waals surface area contributed by atoms with E-state index < -0.39 is 0 Å². The van der Waals surface area contributed by atoms with Crippen LogP contribution in [0.2, 0.25) is 0 Å². The van der Waals surface area contributed by atoms with Crippen molar-refractivity contribution in [2.75, 3.05) is 38.0 Å². The second-order valence-electron chi connectivity index (χ2n) is 4.12. The second-order valence-corrected chi connectivity index (χ2v) is 4.12. The number of amides is 1. The topological polar surface area (TPSA) is 70.2 Å². The molecule has 0 fully saturated rings. The van der Waals surface area contributed by atoms with Gasteiger partial charge in [-0.15, -0.1) is 10.2 Å². The van der Waals surface area contributed by atoms with E-state index in [9.17, 15) is 4.79 Å². The quantitative estimate of drug-likeness (QED) is 0.733. The van der Waals surface area contributed by atoms with Gasteiger partial charge in [0.15, 0.2) is 5.69 Å². The Labute approximate surface area is 114 Å². The molecule has 1 aromatic heterocycles. The second kappa shape index (κ2) is 8.42. The third-order valence-corrected chi connectivity index (χ3v) is 2.86. The summed E-state index contributed by atoms with van der Waals surface area (Å²) in [6.45, 7) is 10.6. The SMILES string of the molecule is CCNC(=O)c1ccc(NCCN(CC)CC)nn1. The Morgan fingerprint density at radius 1 is 1.21 bits per heavy atom. The minimum atomic E-state index is -0.190. The summed E-state index contributed by atoms with van der Waals surface area (Å²) in [7, 11) is 0. The van der Waals surface area contributed by atoms with Gasteiger partial charge in [-0.3, -0.25) is 4.79 Å². The fourth-order valence-electron chi connectivity index (χ4n) is 1.68. The first-order valence-electron chi connectivity index (χ1n) is 6.79. The summed E-state index contributed by atoms with van der Waals surface area (Å²) in [4.78, 5) is 13.8. The molecule has 0 unspecified atom stereocenters. The minimum Gasteiger partial charge on any atom is -0.367 e. The summed E-state index contributed by atoms with van der Waals surface area (Å²) in [6.07, 6.45) is 0. The molecule has 1 aromatic rings. The predicted molar refractivity (Wildman–Crippen MR) is 76.3 cm³/mol. The molecule has 2 N–H and O–H groups in total. The van der Waals surface area contributed by atoms with Crippen LogP contribution in [-0.2, 0) is 0 Å². The maximum Gasteiger partial charge on any atom is 0.271 e. The number of carbonyl (C=O) groups excluding carboxylic acids is 1. The standard InChI is InChI=1S/C13H23N5O/c1-4-14-13(19)11-7-8-12(17-16-11)15-9-10-18(5-2)6-3/h7-8H,4-6,9-10H2,1-3H3,(H,14,19)(H,15,17). The first-order chi connectivity index (χ1) is 9.21. The Morgan fingerprint density at radius 3 is 2.47 bits per heavy atom. The minimum absolute atomic E-state index is 0.190. The average molecular weight is 265 g/mol. The molecule has 0 atom stereocenters. The van der Waals surface area contributed by atoms with E-state index in [1.165, 1.54) is 0 Å². The third kappa shape index (κ3) is 5.21. The zero-order valence-corrected chi connectivity index (χ0v) is 11.9. The largest absolute Gasteiger partial charge is 0.367 e. The van der Waals surface area contributed by atoms with Crippen LogP contribution in [0.3, 0.4) is 0 Å². The lowest BCUT2D eigenvalue weighted by atomic mass is 10.3. The van der Waals surface area contributed by atoms with E-state index in [0.717, 1.165) is 26.2 Å². The van der Waals surface area contributed by atoms with Gasteiger partial charge < -0.3 is 15.5 Å². The normalized spacial score (nSPS) is 10.5. The molecule has 106 valence electrons. The molecule has 0 radical (unpaired) electrons. The predicted octanol–water partition coefficient (Wildman–Crippen LogP) is 0.980. The fourth-order valence-corrected chi connectivity index (χ4v) is 1.68. The molecule has 0 bridgehead atoms. The number of likely N-dealkylation sites (N-methyl/N-ethyl adjacent to an activating group) is 1. The van der Waals surface area contributed by atoms with Gasteiger partial charge in [0.2, 0.25) is 0 Å². The van der Waals surface area contributed by atoms with Crippen molar-refractivity contribution in [3.63, 3.8) is 0 Å². The molecule has 0 aliphatic rings. The van der Waals surface area contributed by atoms with Crippen molar-refractivity contribution >= 4 is 11.7 Å². The van der Waals surface area contributed by atoms with Crippen LogP contribution in [0.4, 0.5) is 5.82 Å². The Kier molecular flexibility index (Phi) is 6.81. The van der Waals surface area contributed by atoms with E-state index >= 15 is 0 Å². The highest BCUT2D eigenvalue weighted by Gasteiger charge is 2.06. The molecule has 6 nitrogen and oxygen atoms in total. The summed E-state index contributed by atoms with van der Waals surface area (Å²) in [5.41, 5.74) is 0.344. The van der Waals surface area contributed by atoms with Crippen LogP contribution >= 0.6 is 0 Å². The summed E-state index contributed by atoms with van der Waals surface area (Å²) in [6, 6.07) is 3.46. The van der Waals surface area contributed by atoms with E-state index in [1.807, 2.05) is 6.92 Å². The fraction of sp³-hybridized carbons (Fsp3) is 0.615. The lowest BCUT2D eigenvalue weighted by molar-refractivity contribution is 0.0950. The molecular weight excluding hydrogens is 242 g/mol. The molecule has 0 spiro atoms. The van der Waals surface area contributed by atoms with Crippen molar-refractivity contribution in [1.82, 2.24) is 20.4 Å². The number of hydrogen-bond donors (Lipinski definition) is 2. The molecule has 0 aromatic carbocycles. The van der Waals surface area contributed by atoms with Gasteiger partial charge in [-0.2, -0.15) is 0 Å². The monoisotopic (exact) mass is 265 g/mol. The Morgan fingerprint density at radius 2 is 1.95 bits per heavy atom. The van der Waals surface area contributed by atoms with Gasteiger partial charge in [0.1, 0.15) is 5.82 Å². The summed E-state index contributed by atoms with van der Waals surface area (Å²) < 4.78 is 0. The molecule has 6 heteroatoms. The van der Waals surface area contributed by atoms with Gasteiger partial charge in [-0.25, -0.2) is 0 Å². The van der Waals surface area contributed by atoms with Crippen molar-refractivity contribution in [1.29, 1.82) is 0 Å². The number of carbonyl (C=O) groups is 1. The zero-order valence-electron chi connectivity index (χ0n) is 11.9. The third-order valence-electron chi connectivity index (χ3n) is 2.86. The number of rotatable bonds is 8. The smallest absolute Gasteiger partial charge is 0.271 e. The molecule has 0 saturated carbocycles. The maximum atomic E-state index is 11.5. The van der Waals surface area contributed by atoms with E-state index in [2.05, 4.69) is 39.6 Å². The number of nitrogens with zero attached hydrogens (tertiary/aromatic N) is 3. The van der Waals surface area contributed by atoms with E-state index in [4.69, 9.17) is 0 Å². The Balaban J connectivity index is 2.42. The highest BCUT2D eigenvalue weighted by atomic mass is 16.1. The summed E-state index contributed by atoms with van der Waals surface area (Å²) in [5, 5.41) is 13.8. The van der Waals surface area contributed by atoms with Gasteiger partial charge >= 0.3 is 0 Å². The van der Waals surface area contributed by atoms with Gasteiger partial charge in [0.25, 0.3) is 5.91 Å². The molecular formula is C13H23N5O. The van der Waals surface area contributed by atoms with Crippen molar-refractivity contribution < 1.29 is 4.79 Å². The molecule has 1 heterocycles. The first kappa shape index (κ1) is 15.4. The van der Waals surface area contributed by atoms with Crippen molar-refractivity contribution in [2.45, 2.75) is 20.8 Å². The van der Waals surface area contributed by atoms with Crippen LogP contribution in [0, 0.1) is 0 Å². The lowest BCUT2D eigenvalue weighted by Gasteiger charge is -2.17. The number of hydrogen-bond acceptors (Lipinski definition) is 5. The Hall–Kier alpha value is -1.69. The molecule has 1 rings (SSSR count). The maximum absolute atomic E-state index is 11.5. The van der Waals surface area contributed by atoms with Crippen molar-refractivity contribution in [2.24, 2.45) is 0 Å². The first-order valence-corrected chi connectivity index (χ1v) is 6.79. The van der Waals surface area contributed by atoms with E-state index in [-0.39, 0.29) is 5.91 Å². The highest BCUT2D eigenvalue weighted by Crippen LogP contribution is 2.01. The van der Waals surface area contributed by atoms with Gasteiger partial charge in [-0.1, -0.05) is 13.8 Å². The van der Waals surface area contributed by atoms with Gasteiger partial charge in [0.05, 0.1) is 0 Å². The molecule has 0 aliphatic heterocycles. The van der Waals surface area contributed by atoms with E-state index in [1.54, 1.807) is 12.1 Å². The summed E-state index contributed by atoms with van der Waals surface area (Å²) >= 11 is 0. The van der Waals surface area contributed by atoms with Crippen LogP contribution in [-0.4, -0.2) is 53.7 Å². The van der Waals surface area contributed by atoms with Crippen molar-refractivity contribution in [3.8, 4) is 0 Å². The van der Waals surface area contributed by atoms with Crippen LogP contribution < -0.4 is 10.6 Å². The molecule has 1 amide bonds. The zero-order chi connectivity index (χ0) is 14.1. The average Bonchev–Trinajstić information content (AvgIpc) is 2.44. The lowest BCUT2D eigenvalue weighted by Crippen LogP contribution is -2.29. The summed E-state index contributed by atoms with van der Waals surface area (Å²) in [5.74, 6) is 0.505. The highest BCUT2D eigenvalue weighted by molar-refractivity contribution is 5.92. The number of aromatic nitrogens is 2. The van der Waals surface area contributed by atoms with Crippen LogP contribution in [0.5, 0.6) is 0 Å². The van der Waals surface area contributed by atoms with E-state index in [0.29, 0.717) is 18.1 Å². The van der Waals surface area contributed by atoms with Crippen LogP contribution in [0.1, 0.15) is 31.3 Å². The van der Waals surface area contributed by atoms with Gasteiger partial charge in [-0.05, 0) is 32.1 Å². The molecule has 0 aliphatic carbocycles. The Bertz CT molecular complexity index is 375. The van der Waals surface area contributed by atoms with Gasteiger partial charge in [0, 0.05) is 19.6 Å². The molecule has 19 heavy (non-hydrogen) atoms.